The number of hydrogen-bond donors (Lipinski definition) is 1. The molecule has 2 heterocycles. The molecule has 0 radical (unpaired) electrons. The Balaban J connectivity index is 1.87. The summed E-state index contributed by atoms with van der Waals surface area (Å²) in [6.07, 6.45) is 1.64. The summed E-state index contributed by atoms with van der Waals surface area (Å²) >= 11 is 0. The minimum Gasteiger partial charge on any atom is -0.481 e. The van der Waals surface area contributed by atoms with Gasteiger partial charge in [0.1, 0.15) is 11.9 Å². The van der Waals surface area contributed by atoms with Crippen LogP contribution < -0.4 is 10.1 Å². The molecule has 4 nitrogen and oxygen atoms in total. The molecule has 1 N–H and O–H groups in total. The Hall–Kier alpha value is -1.91. The predicted molar refractivity (Wildman–Crippen MR) is 81.4 cm³/mol. The topological polar surface area (TPSA) is 43.4 Å². The van der Waals surface area contributed by atoms with Crippen LogP contribution in [0.4, 0.5) is 0 Å². The van der Waals surface area contributed by atoms with Gasteiger partial charge in [-0.15, -0.1) is 0 Å². The minimum atomic E-state index is -0.137. The molecule has 0 bridgehead atoms. The van der Waals surface area contributed by atoms with Gasteiger partial charge in [0.25, 0.3) is 0 Å². The molecule has 0 saturated carbocycles. The van der Waals surface area contributed by atoms with Gasteiger partial charge < -0.3 is 14.8 Å². The first-order valence-corrected chi connectivity index (χ1v) is 7.30. The molecule has 1 aromatic heterocycles. The van der Waals surface area contributed by atoms with E-state index in [0.717, 1.165) is 30.1 Å². The third-order valence-electron chi connectivity index (χ3n) is 3.63. The van der Waals surface area contributed by atoms with E-state index in [-0.39, 0.29) is 12.2 Å². The highest BCUT2D eigenvalue weighted by atomic mass is 16.5. The molecule has 4 heteroatoms. The second-order valence-electron chi connectivity index (χ2n) is 5.15. The third-order valence-corrected chi connectivity index (χ3v) is 3.63. The number of ether oxygens (including phenoxy) is 2. The second kappa shape index (κ2) is 6.70. The van der Waals surface area contributed by atoms with Crippen LogP contribution in [0.1, 0.15) is 17.4 Å². The van der Waals surface area contributed by atoms with Crippen LogP contribution in [-0.4, -0.2) is 30.8 Å². The van der Waals surface area contributed by atoms with E-state index in [1.54, 1.807) is 6.20 Å². The monoisotopic (exact) mass is 284 g/mol. The molecular formula is C17H20N2O2. The van der Waals surface area contributed by atoms with Crippen LogP contribution in [0.5, 0.6) is 5.75 Å². The fraction of sp³-hybridized carbons (Fsp3) is 0.353. The molecule has 2 unspecified atom stereocenters. The van der Waals surface area contributed by atoms with Crippen LogP contribution in [0.25, 0.3) is 0 Å². The number of aryl methyl sites for hydroxylation is 1. The van der Waals surface area contributed by atoms with Gasteiger partial charge >= 0.3 is 0 Å². The standard InChI is InChI=1S/C17H20N2O2/c1-13-15(8-5-9-19-13)21-17(14-6-3-2-4-7-14)16-12-18-10-11-20-16/h2-9,16-18H,10-12H2,1H3. The van der Waals surface area contributed by atoms with Gasteiger partial charge in [0.15, 0.2) is 6.10 Å². The molecule has 0 spiro atoms. The van der Waals surface area contributed by atoms with E-state index >= 15 is 0 Å². The first-order valence-electron chi connectivity index (χ1n) is 7.30. The Morgan fingerprint density at radius 3 is 2.81 bits per heavy atom. The first kappa shape index (κ1) is 14.0. The molecule has 1 aliphatic rings. The van der Waals surface area contributed by atoms with Gasteiger partial charge in [-0.3, -0.25) is 4.98 Å². The van der Waals surface area contributed by atoms with E-state index in [0.29, 0.717) is 6.61 Å². The van der Waals surface area contributed by atoms with Crippen LogP contribution in [0.2, 0.25) is 0 Å². The Kier molecular flexibility index (Phi) is 4.48. The Morgan fingerprint density at radius 1 is 1.24 bits per heavy atom. The van der Waals surface area contributed by atoms with E-state index in [1.807, 2.05) is 37.3 Å². The maximum Gasteiger partial charge on any atom is 0.151 e. The molecule has 110 valence electrons. The van der Waals surface area contributed by atoms with E-state index < -0.39 is 0 Å². The highest BCUT2D eigenvalue weighted by Gasteiger charge is 2.28. The summed E-state index contributed by atoms with van der Waals surface area (Å²) in [5, 5.41) is 3.36. The largest absolute Gasteiger partial charge is 0.481 e. The van der Waals surface area contributed by atoms with Crippen LogP contribution in [0, 0.1) is 6.92 Å². The van der Waals surface area contributed by atoms with Crippen LogP contribution in [0.15, 0.2) is 48.7 Å². The number of benzene rings is 1. The van der Waals surface area contributed by atoms with Gasteiger partial charge in [-0.1, -0.05) is 30.3 Å². The predicted octanol–water partition coefficient (Wildman–Crippen LogP) is 2.50. The van der Waals surface area contributed by atoms with Crippen molar-refractivity contribution in [3.8, 4) is 5.75 Å². The van der Waals surface area contributed by atoms with Crippen molar-refractivity contribution in [2.24, 2.45) is 0 Å². The molecule has 2 atom stereocenters. The molecule has 21 heavy (non-hydrogen) atoms. The quantitative estimate of drug-likeness (QED) is 0.937. The smallest absolute Gasteiger partial charge is 0.151 e. The van der Waals surface area contributed by atoms with Crippen molar-refractivity contribution in [3.63, 3.8) is 0 Å². The summed E-state index contributed by atoms with van der Waals surface area (Å²) < 4.78 is 12.1. The van der Waals surface area contributed by atoms with E-state index in [1.165, 1.54) is 0 Å². The van der Waals surface area contributed by atoms with Gasteiger partial charge in [0, 0.05) is 19.3 Å². The van der Waals surface area contributed by atoms with Crippen molar-refractivity contribution < 1.29 is 9.47 Å². The second-order valence-corrected chi connectivity index (χ2v) is 5.15. The lowest BCUT2D eigenvalue weighted by Gasteiger charge is -2.31. The lowest BCUT2D eigenvalue weighted by molar-refractivity contribution is -0.0435. The van der Waals surface area contributed by atoms with Crippen molar-refractivity contribution >= 4 is 0 Å². The number of rotatable bonds is 4. The van der Waals surface area contributed by atoms with Crippen molar-refractivity contribution in [2.75, 3.05) is 19.7 Å². The number of aromatic nitrogens is 1. The molecule has 1 aliphatic heterocycles. The van der Waals surface area contributed by atoms with E-state index in [2.05, 4.69) is 22.4 Å². The molecule has 2 aromatic rings. The van der Waals surface area contributed by atoms with Gasteiger partial charge in [-0.25, -0.2) is 0 Å². The number of hydrogen-bond acceptors (Lipinski definition) is 4. The van der Waals surface area contributed by atoms with Crippen LogP contribution in [-0.2, 0) is 4.74 Å². The summed E-state index contributed by atoms with van der Waals surface area (Å²) in [6, 6.07) is 14.1. The summed E-state index contributed by atoms with van der Waals surface area (Å²) in [4.78, 5) is 4.29. The summed E-state index contributed by atoms with van der Waals surface area (Å²) in [6.45, 7) is 4.35. The number of nitrogens with zero attached hydrogens (tertiary/aromatic N) is 1. The zero-order valence-corrected chi connectivity index (χ0v) is 12.2. The SMILES string of the molecule is Cc1ncccc1OC(c1ccccc1)C1CNCCO1. The van der Waals surface area contributed by atoms with Gasteiger partial charge in [0.05, 0.1) is 12.3 Å². The van der Waals surface area contributed by atoms with E-state index in [9.17, 15) is 0 Å². The van der Waals surface area contributed by atoms with Gasteiger partial charge in [-0.05, 0) is 24.6 Å². The Labute approximate surface area is 125 Å². The average molecular weight is 284 g/mol. The highest BCUT2D eigenvalue weighted by Crippen LogP contribution is 2.28. The first-order chi connectivity index (χ1) is 10.3. The Bertz CT molecular complexity index is 568. The minimum absolute atomic E-state index is 0.000700. The van der Waals surface area contributed by atoms with E-state index in [4.69, 9.17) is 9.47 Å². The summed E-state index contributed by atoms with van der Waals surface area (Å²) in [7, 11) is 0. The molecule has 3 rings (SSSR count). The summed E-state index contributed by atoms with van der Waals surface area (Å²) in [5.74, 6) is 0.806. The lowest BCUT2D eigenvalue weighted by Crippen LogP contribution is -2.43. The lowest BCUT2D eigenvalue weighted by atomic mass is 10.0. The number of nitrogens with one attached hydrogen (secondary N) is 1. The fourth-order valence-electron chi connectivity index (χ4n) is 2.51. The van der Waals surface area contributed by atoms with Crippen LogP contribution in [0.3, 0.4) is 0 Å². The molecule has 1 aromatic carbocycles. The molecule has 0 amide bonds. The van der Waals surface area contributed by atoms with Crippen molar-refractivity contribution in [1.29, 1.82) is 0 Å². The maximum absolute atomic E-state index is 6.24. The zero-order chi connectivity index (χ0) is 14.5. The average Bonchev–Trinajstić information content (AvgIpc) is 2.56. The Morgan fingerprint density at radius 2 is 2.10 bits per heavy atom. The van der Waals surface area contributed by atoms with Gasteiger partial charge in [0.2, 0.25) is 0 Å². The molecule has 1 saturated heterocycles. The fourth-order valence-corrected chi connectivity index (χ4v) is 2.51. The molecule has 1 fully saturated rings. The maximum atomic E-state index is 6.24. The number of pyridine rings is 1. The van der Waals surface area contributed by atoms with Crippen LogP contribution >= 0.6 is 0 Å². The van der Waals surface area contributed by atoms with Crippen molar-refractivity contribution in [1.82, 2.24) is 10.3 Å². The molecule has 0 aliphatic carbocycles. The zero-order valence-electron chi connectivity index (χ0n) is 12.2. The third kappa shape index (κ3) is 3.40. The highest BCUT2D eigenvalue weighted by molar-refractivity contribution is 5.28. The summed E-state index contributed by atoms with van der Waals surface area (Å²) in [5.41, 5.74) is 2.01. The van der Waals surface area contributed by atoms with Crippen molar-refractivity contribution in [3.05, 3.63) is 59.9 Å². The van der Waals surface area contributed by atoms with Gasteiger partial charge in [-0.2, -0.15) is 0 Å². The normalized spacial score (nSPS) is 20.0. The van der Waals surface area contributed by atoms with Crippen molar-refractivity contribution in [2.45, 2.75) is 19.1 Å². The molecular weight excluding hydrogens is 264 g/mol. The number of morpholine rings is 1.